The minimum Gasteiger partial charge on any atom is -0.490 e. The van der Waals surface area contributed by atoms with Gasteiger partial charge in [0.25, 0.3) is 21.8 Å². The van der Waals surface area contributed by atoms with E-state index in [1.165, 1.54) is 24.3 Å². The molecule has 2 aliphatic rings. The van der Waals surface area contributed by atoms with Crippen molar-refractivity contribution in [3.63, 3.8) is 0 Å². The second-order valence-electron chi connectivity index (χ2n) is 5.93. The van der Waals surface area contributed by atoms with E-state index < -0.39 is 21.8 Å². The van der Waals surface area contributed by atoms with Crippen LogP contribution in [0.2, 0.25) is 5.02 Å². The third kappa shape index (κ3) is 3.19. The highest BCUT2D eigenvalue weighted by atomic mass is 35.5. The first kappa shape index (κ1) is 17.6. The Morgan fingerprint density at radius 2 is 1.63 bits per heavy atom. The average Bonchev–Trinajstić information content (AvgIpc) is 2.78. The Morgan fingerprint density at radius 1 is 0.963 bits per heavy atom. The molecule has 10 heteroatoms. The van der Waals surface area contributed by atoms with Crippen molar-refractivity contribution in [3.05, 3.63) is 46.5 Å². The van der Waals surface area contributed by atoms with Gasteiger partial charge in [-0.05, 0) is 18.2 Å². The maximum atomic E-state index is 12.7. The molecule has 2 heterocycles. The number of carbonyl (C=O) groups excluding carboxylic acids is 2. The van der Waals surface area contributed by atoms with Crippen LogP contribution in [0.4, 0.5) is 5.69 Å². The third-order valence-electron chi connectivity index (χ3n) is 4.10. The molecule has 2 N–H and O–H groups in total. The van der Waals surface area contributed by atoms with Gasteiger partial charge in [0.05, 0.1) is 39.9 Å². The summed E-state index contributed by atoms with van der Waals surface area (Å²) >= 11 is 6.17. The smallest absolute Gasteiger partial charge is 0.261 e. The van der Waals surface area contributed by atoms with E-state index in [-0.39, 0.29) is 26.7 Å². The zero-order valence-electron chi connectivity index (χ0n) is 13.7. The van der Waals surface area contributed by atoms with Crippen LogP contribution in [0.15, 0.2) is 35.2 Å². The van der Waals surface area contributed by atoms with Crippen molar-refractivity contribution >= 4 is 39.1 Å². The highest BCUT2D eigenvalue weighted by Crippen LogP contribution is 2.38. The number of benzene rings is 2. The molecule has 140 valence electrons. The van der Waals surface area contributed by atoms with Gasteiger partial charge in [0.2, 0.25) is 0 Å². The lowest BCUT2D eigenvalue weighted by Gasteiger charge is -2.14. The van der Waals surface area contributed by atoms with Crippen LogP contribution in [0, 0.1) is 0 Å². The number of hydrogen-bond acceptors (Lipinski definition) is 6. The number of sulfonamides is 1. The average molecular weight is 409 g/mol. The van der Waals surface area contributed by atoms with Crippen LogP contribution in [0.1, 0.15) is 27.1 Å². The summed E-state index contributed by atoms with van der Waals surface area (Å²) in [5.41, 5.74) is 0.252. The molecule has 0 bridgehead atoms. The van der Waals surface area contributed by atoms with E-state index in [2.05, 4.69) is 10.0 Å². The first-order valence-corrected chi connectivity index (χ1v) is 9.83. The summed E-state index contributed by atoms with van der Waals surface area (Å²) in [4.78, 5) is 23.2. The van der Waals surface area contributed by atoms with Crippen LogP contribution in [0.3, 0.4) is 0 Å². The minimum absolute atomic E-state index is 0.00707. The highest BCUT2D eigenvalue weighted by molar-refractivity contribution is 7.92. The lowest BCUT2D eigenvalue weighted by atomic mass is 10.1. The molecule has 0 atom stereocenters. The van der Waals surface area contributed by atoms with Gasteiger partial charge in [0.1, 0.15) is 0 Å². The van der Waals surface area contributed by atoms with E-state index >= 15 is 0 Å². The first-order valence-electron chi connectivity index (χ1n) is 7.97. The maximum absolute atomic E-state index is 12.7. The predicted molar refractivity (Wildman–Crippen MR) is 96.1 cm³/mol. The Kier molecular flexibility index (Phi) is 4.20. The van der Waals surface area contributed by atoms with Crippen molar-refractivity contribution in [2.75, 3.05) is 17.9 Å². The summed E-state index contributed by atoms with van der Waals surface area (Å²) in [5.74, 6) is -0.375. The highest BCUT2D eigenvalue weighted by Gasteiger charge is 2.29. The van der Waals surface area contributed by atoms with Crippen molar-refractivity contribution in [1.82, 2.24) is 5.32 Å². The van der Waals surface area contributed by atoms with E-state index in [9.17, 15) is 18.0 Å². The van der Waals surface area contributed by atoms with Crippen LogP contribution in [-0.4, -0.2) is 33.4 Å². The second kappa shape index (κ2) is 6.43. The topological polar surface area (TPSA) is 111 Å². The number of carbonyl (C=O) groups is 2. The molecule has 4 rings (SSSR count). The number of ether oxygens (including phenoxy) is 2. The standard InChI is InChI=1S/C17H13ClN2O6S/c18-12-7-14-15(26-5-1-4-25-14)8-13(12)20-27(23,24)9-2-3-10-11(6-9)17(22)19-16(10)21/h2-3,6-8,20H,1,4-5H2,(H,19,21,22). The Bertz CT molecular complexity index is 1080. The van der Waals surface area contributed by atoms with Gasteiger partial charge in [-0.1, -0.05) is 11.6 Å². The molecule has 0 saturated carbocycles. The van der Waals surface area contributed by atoms with Gasteiger partial charge >= 0.3 is 0 Å². The molecule has 0 fully saturated rings. The molecule has 0 radical (unpaired) electrons. The van der Waals surface area contributed by atoms with Crippen LogP contribution in [0.5, 0.6) is 11.5 Å². The summed E-state index contributed by atoms with van der Waals surface area (Å²) in [5, 5.41) is 2.25. The Morgan fingerprint density at radius 3 is 2.37 bits per heavy atom. The van der Waals surface area contributed by atoms with Crippen molar-refractivity contribution in [3.8, 4) is 11.5 Å². The van der Waals surface area contributed by atoms with Gasteiger partial charge in [-0.15, -0.1) is 0 Å². The van der Waals surface area contributed by atoms with Gasteiger partial charge in [-0.3, -0.25) is 19.6 Å². The Balaban J connectivity index is 1.68. The zero-order valence-corrected chi connectivity index (χ0v) is 15.3. The first-order chi connectivity index (χ1) is 12.8. The fraction of sp³-hybridized carbons (Fsp3) is 0.176. The number of anilines is 1. The normalized spacial score (nSPS) is 15.7. The quantitative estimate of drug-likeness (QED) is 0.753. The summed E-state index contributed by atoms with van der Waals surface area (Å²) in [6, 6.07) is 6.61. The maximum Gasteiger partial charge on any atom is 0.261 e. The van der Waals surface area contributed by atoms with E-state index in [4.69, 9.17) is 21.1 Å². The Labute approximate surface area is 159 Å². The fourth-order valence-corrected chi connectivity index (χ4v) is 4.13. The van der Waals surface area contributed by atoms with Gasteiger partial charge in [0, 0.05) is 18.6 Å². The van der Waals surface area contributed by atoms with Crippen molar-refractivity contribution in [2.45, 2.75) is 11.3 Å². The fourth-order valence-electron chi connectivity index (χ4n) is 2.78. The molecule has 2 aromatic rings. The summed E-state index contributed by atoms with van der Waals surface area (Å²) in [6.45, 7) is 0.916. The zero-order chi connectivity index (χ0) is 19.2. The van der Waals surface area contributed by atoms with Gasteiger partial charge in [-0.25, -0.2) is 8.42 Å². The molecule has 0 saturated heterocycles. The molecule has 0 aromatic heterocycles. The van der Waals surface area contributed by atoms with Crippen LogP contribution >= 0.6 is 11.6 Å². The number of fused-ring (bicyclic) bond motifs is 2. The monoisotopic (exact) mass is 408 g/mol. The van der Waals surface area contributed by atoms with E-state index in [0.717, 1.165) is 6.07 Å². The lowest BCUT2D eigenvalue weighted by molar-refractivity contribution is 0.0879. The molecule has 2 aliphatic heterocycles. The molecule has 2 aromatic carbocycles. The third-order valence-corrected chi connectivity index (χ3v) is 5.78. The van der Waals surface area contributed by atoms with E-state index in [0.29, 0.717) is 31.1 Å². The number of hydrogen-bond donors (Lipinski definition) is 2. The number of amides is 2. The lowest BCUT2D eigenvalue weighted by Crippen LogP contribution is -2.20. The molecule has 0 unspecified atom stereocenters. The number of halogens is 1. The summed E-state index contributed by atoms with van der Waals surface area (Å²) in [7, 11) is -4.06. The van der Waals surface area contributed by atoms with Crippen molar-refractivity contribution < 1.29 is 27.5 Å². The molecule has 2 amide bonds. The van der Waals surface area contributed by atoms with Gasteiger partial charge in [0.15, 0.2) is 11.5 Å². The molecular formula is C17H13ClN2O6S. The van der Waals surface area contributed by atoms with Gasteiger partial charge in [-0.2, -0.15) is 0 Å². The van der Waals surface area contributed by atoms with Crippen molar-refractivity contribution in [2.24, 2.45) is 0 Å². The Hall–Kier alpha value is -2.78. The molecular weight excluding hydrogens is 396 g/mol. The number of imide groups is 1. The predicted octanol–water partition coefficient (Wildman–Crippen LogP) is 2.19. The summed E-state index contributed by atoms with van der Waals surface area (Å²) < 4.78 is 38.9. The molecule has 27 heavy (non-hydrogen) atoms. The SMILES string of the molecule is O=C1NC(=O)c2cc(S(=O)(=O)Nc3cc4c(cc3Cl)OCCCO4)ccc21. The molecule has 8 nitrogen and oxygen atoms in total. The van der Waals surface area contributed by atoms with Crippen molar-refractivity contribution in [1.29, 1.82) is 0 Å². The second-order valence-corrected chi connectivity index (χ2v) is 8.02. The summed E-state index contributed by atoms with van der Waals surface area (Å²) in [6.07, 6.45) is 0.698. The van der Waals surface area contributed by atoms with E-state index in [1.54, 1.807) is 0 Å². The van der Waals surface area contributed by atoms with E-state index in [1.807, 2.05) is 0 Å². The molecule has 0 aliphatic carbocycles. The van der Waals surface area contributed by atoms with Gasteiger partial charge < -0.3 is 9.47 Å². The number of nitrogens with one attached hydrogen (secondary N) is 2. The largest absolute Gasteiger partial charge is 0.490 e. The van der Waals surface area contributed by atoms with Crippen LogP contribution in [0.25, 0.3) is 0 Å². The number of rotatable bonds is 3. The van der Waals surface area contributed by atoms with Crippen LogP contribution < -0.4 is 19.5 Å². The minimum atomic E-state index is -4.06. The molecule has 0 spiro atoms. The van der Waals surface area contributed by atoms with Crippen LogP contribution in [-0.2, 0) is 10.0 Å².